The van der Waals surface area contributed by atoms with Crippen molar-refractivity contribution >= 4 is 28.2 Å². The van der Waals surface area contributed by atoms with E-state index in [0.29, 0.717) is 16.1 Å². The van der Waals surface area contributed by atoms with E-state index in [2.05, 4.69) is 5.32 Å². The fourth-order valence-electron chi connectivity index (χ4n) is 2.12. The van der Waals surface area contributed by atoms with Crippen LogP contribution in [0.4, 0.5) is 5.00 Å². The zero-order valence-corrected chi connectivity index (χ0v) is 14.2. The van der Waals surface area contributed by atoms with Crippen molar-refractivity contribution in [2.45, 2.75) is 27.7 Å². The highest BCUT2D eigenvalue weighted by Gasteiger charge is 2.22. The van der Waals surface area contributed by atoms with E-state index in [-0.39, 0.29) is 5.91 Å². The highest BCUT2D eigenvalue weighted by atomic mass is 32.1. The van der Waals surface area contributed by atoms with Gasteiger partial charge in [-0.3, -0.25) is 4.79 Å². The van der Waals surface area contributed by atoms with Crippen LogP contribution in [0.1, 0.15) is 42.3 Å². The standard InChI is InChI=1S/C17H19NO3S/c1-9-6-7-13(8-10(9)2)15(19)18-16-14(17(20)21-5)11(3)12(4)22-16/h6-8H,1-5H3,(H,18,19). The number of carbonyl (C=O) groups excluding carboxylic acids is 2. The van der Waals surface area contributed by atoms with Crippen LogP contribution in [-0.2, 0) is 4.74 Å². The number of amides is 1. The van der Waals surface area contributed by atoms with Crippen molar-refractivity contribution in [3.63, 3.8) is 0 Å². The maximum absolute atomic E-state index is 12.4. The Kier molecular flexibility index (Phi) is 4.66. The van der Waals surface area contributed by atoms with Crippen molar-refractivity contribution < 1.29 is 14.3 Å². The molecule has 2 aromatic rings. The first-order valence-electron chi connectivity index (χ1n) is 6.92. The summed E-state index contributed by atoms with van der Waals surface area (Å²) in [5.41, 5.74) is 4.03. The van der Waals surface area contributed by atoms with Crippen LogP contribution >= 0.6 is 11.3 Å². The molecular formula is C17H19NO3S. The topological polar surface area (TPSA) is 55.4 Å². The minimum atomic E-state index is -0.433. The molecule has 4 nitrogen and oxygen atoms in total. The summed E-state index contributed by atoms with van der Waals surface area (Å²) in [6, 6.07) is 5.54. The van der Waals surface area contributed by atoms with Crippen LogP contribution in [0, 0.1) is 27.7 Å². The Hall–Kier alpha value is -2.14. The molecular weight excluding hydrogens is 298 g/mol. The normalized spacial score (nSPS) is 10.4. The molecule has 0 saturated heterocycles. The first-order chi connectivity index (χ1) is 10.3. The van der Waals surface area contributed by atoms with Crippen LogP contribution in [0.25, 0.3) is 0 Å². The highest BCUT2D eigenvalue weighted by Crippen LogP contribution is 2.33. The minimum absolute atomic E-state index is 0.227. The molecule has 22 heavy (non-hydrogen) atoms. The van der Waals surface area contributed by atoms with E-state index in [4.69, 9.17) is 4.74 Å². The Morgan fingerprint density at radius 1 is 1.09 bits per heavy atom. The molecule has 1 amide bonds. The van der Waals surface area contributed by atoms with Gasteiger partial charge in [-0.25, -0.2) is 4.79 Å². The Balaban J connectivity index is 2.34. The van der Waals surface area contributed by atoms with Gasteiger partial charge < -0.3 is 10.1 Å². The second kappa shape index (κ2) is 6.32. The van der Waals surface area contributed by atoms with E-state index in [1.165, 1.54) is 18.4 Å². The first kappa shape index (κ1) is 16.2. The van der Waals surface area contributed by atoms with E-state index >= 15 is 0 Å². The molecule has 0 spiro atoms. The van der Waals surface area contributed by atoms with Crippen molar-refractivity contribution in [3.05, 3.63) is 50.9 Å². The van der Waals surface area contributed by atoms with Gasteiger partial charge in [0.15, 0.2) is 0 Å². The molecule has 1 heterocycles. The van der Waals surface area contributed by atoms with E-state index in [9.17, 15) is 9.59 Å². The highest BCUT2D eigenvalue weighted by molar-refractivity contribution is 7.16. The number of thiophene rings is 1. The van der Waals surface area contributed by atoms with Gasteiger partial charge in [-0.15, -0.1) is 11.3 Å². The maximum Gasteiger partial charge on any atom is 0.341 e. The van der Waals surface area contributed by atoms with E-state index in [1.807, 2.05) is 39.8 Å². The summed E-state index contributed by atoms with van der Waals surface area (Å²) in [6.07, 6.45) is 0. The molecule has 0 aliphatic carbocycles. The SMILES string of the molecule is COC(=O)c1c(NC(=O)c2ccc(C)c(C)c2)sc(C)c1C. The van der Waals surface area contributed by atoms with E-state index in [0.717, 1.165) is 21.6 Å². The lowest BCUT2D eigenvalue weighted by Gasteiger charge is -2.08. The number of hydrogen-bond acceptors (Lipinski definition) is 4. The van der Waals surface area contributed by atoms with Crippen molar-refractivity contribution in [1.82, 2.24) is 0 Å². The zero-order chi connectivity index (χ0) is 16.4. The molecule has 0 aliphatic rings. The second-order valence-electron chi connectivity index (χ2n) is 5.23. The molecule has 0 atom stereocenters. The number of carbonyl (C=O) groups is 2. The van der Waals surface area contributed by atoms with Gasteiger partial charge in [0, 0.05) is 10.4 Å². The third kappa shape index (κ3) is 3.04. The second-order valence-corrected chi connectivity index (χ2v) is 6.46. The quantitative estimate of drug-likeness (QED) is 0.870. The summed E-state index contributed by atoms with van der Waals surface area (Å²) < 4.78 is 4.81. The van der Waals surface area contributed by atoms with Crippen LogP contribution in [0.5, 0.6) is 0 Å². The van der Waals surface area contributed by atoms with E-state index < -0.39 is 5.97 Å². The molecule has 1 aromatic heterocycles. The van der Waals surface area contributed by atoms with E-state index in [1.54, 1.807) is 6.07 Å². The monoisotopic (exact) mass is 317 g/mol. The number of ether oxygens (including phenoxy) is 1. The summed E-state index contributed by atoms with van der Waals surface area (Å²) in [5.74, 6) is -0.660. The number of nitrogens with one attached hydrogen (secondary N) is 1. The molecule has 1 aromatic carbocycles. The average Bonchev–Trinajstić information content (AvgIpc) is 2.75. The number of methoxy groups -OCH3 is 1. The lowest BCUT2D eigenvalue weighted by Crippen LogP contribution is -2.14. The van der Waals surface area contributed by atoms with Crippen LogP contribution in [-0.4, -0.2) is 19.0 Å². The summed E-state index contributed by atoms with van der Waals surface area (Å²) in [4.78, 5) is 25.3. The molecule has 0 aliphatic heterocycles. The molecule has 116 valence electrons. The molecule has 1 N–H and O–H groups in total. The summed E-state index contributed by atoms with van der Waals surface area (Å²) in [7, 11) is 1.34. The molecule has 0 bridgehead atoms. The van der Waals surface area contributed by atoms with Crippen molar-refractivity contribution in [2.75, 3.05) is 12.4 Å². The number of rotatable bonds is 3. The number of aryl methyl sites for hydroxylation is 3. The smallest absolute Gasteiger partial charge is 0.341 e. The third-order valence-electron chi connectivity index (χ3n) is 3.77. The van der Waals surface area contributed by atoms with Gasteiger partial charge in [-0.05, 0) is 56.5 Å². The van der Waals surface area contributed by atoms with Crippen LogP contribution in [0.3, 0.4) is 0 Å². The summed E-state index contributed by atoms with van der Waals surface area (Å²) >= 11 is 1.38. The molecule has 2 rings (SSSR count). The van der Waals surface area contributed by atoms with Crippen molar-refractivity contribution in [1.29, 1.82) is 0 Å². The maximum atomic E-state index is 12.4. The van der Waals surface area contributed by atoms with Gasteiger partial charge >= 0.3 is 5.97 Å². The van der Waals surface area contributed by atoms with Gasteiger partial charge in [0.2, 0.25) is 0 Å². The van der Waals surface area contributed by atoms with Crippen molar-refractivity contribution in [2.24, 2.45) is 0 Å². The Morgan fingerprint density at radius 2 is 1.77 bits per heavy atom. The predicted octanol–water partition coefficient (Wildman–Crippen LogP) is 4.02. The Labute approximate surface area is 134 Å². The molecule has 0 unspecified atom stereocenters. The molecule has 0 saturated carbocycles. The fraction of sp³-hybridized carbons (Fsp3) is 0.294. The van der Waals surface area contributed by atoms with Crippen LogP contribution < -0.4 is 5.32 Å². The lowest BCUT2D eigenvalue weighted by molar-refractivity contribution is 0.0601. The zero-order valence-electron chi connectivity index (χ0n) is 13.4. The van der Waals surface area contributed by atoms with Crippen molar-refractivity contribution in [3.8, 4) is 0 Å². The summed E-state index contributed by atoms with van der Waals surface area (Å²) in [5, 5.41) is 3.36. The van der Waals surface area contributed by atoms with Crippen LogP contribution in [0.2, 0.25) is 0 Å². The number of anilines is 1. The molecule has 5 heteroatoms. The predicted molar refractivity (Wildman–Crippen MR) is 89.0 cm³/mol. The fourth-order valence-corrected chi connectivity index (χ4v) is 3.16. The summed E-state index contributed by atoms with van der Waals surface area (Å²) in [6.45, 7) is 7.73. The Bertz CT molecular complexity index is 747. The molecule has 0 radical (unpaired) electrons. The number of hydrogen-bond donors (Lipinski definition) is 1. The van der Waals surface area contributed by atoms with Gasteiger partial charge in [0.05, 0.1) is 12.7 Å². The molecule has 0 fully saturated rings. The van der Waals surface area contributed by atoms with Gasteiger partial charge in [0.1, 0.15) is 5.00 Å². The largest absolute Gasteiger partial charge is 0.465 e. The lowest BCUT2D eigenvalue weighted by atomic mass is 10.1. The average molecular weight is 317 g/mol. The first-order valence-corrected chi connectivity index (χ1v) is 7.73. The third-order valence-corrected chi connectivity index (χ3v) is 4.89. The van der Waals surface area contributed by atoms with Gasteiger partial charge in [-0.2, -0.15) is 0 Å². The number of esters is 1. The van der Waals surface area contributed by atoms with Crippen LogP contribution in [0.15, 0.2) is 18.2 Å². The van der Waals surface area contributed by atoms with Gasteiger partial charge in [0.25, 0.3) is 5.91 Å². The number of benzene rings is 1. The van der Waals surface area contributed by atoms with Gasteiger partial charge in [-0.1, -0.05) is 6.07 Å². The Morgan fingerprint density at radius 3 is 2.36 bits per heavy atom. The minimum Gasteiger partial charge on any atom is -0.465 e.